The van der Waals surface area contributed by atoms with E-state index in [1.807, 2.05) is 54.6 Å². The van der Waals surface area contributed by atoms with Crippen LogP contribution in [-0.4, -0.2) is 42.5 Å². The SMILES string of the molecule is CCCCC(CC)COC(=O)CCSc1ccnc(NCc2ccc(OC)cc2)c1Cl.COc1ccc(CNc2nccc([S-])c2Cl)cc1.[Na+]. The third-order valence-corrected chi connectivity index (χ3v) is 9.92. The number of esters is 1. The average Bonchev–Trinajstić information content (AvgIpc) is 3.13. The smallest absolute Gasteiger partial charge is 0.778 e. The van der Waals surface area contributed by atoms with Crippen LogP contribution in [0.2, 0.25) is 10.0 Å². The summed E-state index contributed by atoms with van der Waals surface area (Å²) in [5.41, 5.74) is 2.22. The summed E-state index contributed by atoms with van der Waals surface area (Å²) in [6.07, 6.45) is 8.25. The van der Waals surface area contributed by atoms with Crippen molar-refractivity contribution in [3.63, 3.8) is 0 Å². The molecule has 0 fully saturated rings. The molecule has 0 aliphatic carbocycles. The van der Waals surface area contributed by atoms with E-state index < -0.39 is 0 Å². The minimum atomic E-state index is -0.148. The zero-order chi connectivity index (χ0) is 35.4. The van der Waals surface area contributed by atoms with E-state index in [1.165, 1.54) is 12.8 Å². The average molecular weight is 768 g/mol. The molecule has 0 aliphatic rings. The van der Waals surface area contributed by atoms with Crippen LogP contribution in [0.5, 0.6) is 11.5 Å². The molecule has 264 valence electrons. The molecular formula is C37H45Cl2N4NaO4S2. The fourth-order valence-corrected chi connectivity index (χ4v) is 6.04. The second kappa shape index (κ2) is 24.7. The van der Waals surface area contributed by atoms with E-state index in [9.17, 15) is 4.79 Å². The van der Waals surface area contributed by atoms with Gasteiger partial charge in [0.25, 0.3) is 0 Å². The van der Waals surface area contributed by atoms with Gasteiger partial charge in [-0.2, -0.15) is 4.90 Å². The number of rotatable bonds is 18. The van der Waals surface area contributed by atoms with Crippen LogP contribution in [0.25, 0.3) is 0 Å². The zero-order valence-corrected chi connectivity index (χ0v) is 34.6. The molecule has 50 heavy (non-hydrogen) atoms. The number of benzene rings is 2. The van der Waals surface area contributed by atoms with Gasteiger partial charge in [-0.3, -0.25) is 4.79 Å². The Labute approximate surface area is 338 Å². The number of unbranched alkanes of at least 4 members (excludes halogenated alkanes) is 1. The van der Waals surface area contributed by atoms with Gasteiger partial charge in [-0.15, -0.1) is 11.8 Å². The first-order valence-corrected chi connectivity index (χ1v) is 18.4. The van der Waals surface area contributed by atoms with Gasteiger partial charge in [0.05, 0.1) is 37.3 Å². The Morgan fingerprint density at radius 3 is 1.90 bits per heavy atom. The molecule has 8 nitrogen and oxygen atoms in total. The van der Waals surface area contributed by atoms with Crippen molar-refractivity contribution in [3.05, 3.63) is 94.2 Å². The standard InChI is InChI=1S/C24H33ClN2O3S.C13H13ClN2OS.Na/c1-4-6-7-18(5-2)17-30-22(28)13-15-31-21-12-14-26-24(23(21)25)27-16-19-8-10-20(29-3)11-9-19;1-17-10-4-2-9(3-5-10)8-16-13-12(14)11(18)6-7-15-13;/h8-12,14,18H,4-7,13,15-17H2,1-3H3,(H,26,27);2-7H,8H2,1H3,(H2,15,16,18);/q;;+1/p-1. The summed E-state index contributed by atoms with van der Waals surface area (Å²) in [6, 6.07) is 19.2. The molecule has 0 radical (unpaired) electrons. The summed E-state index contributed by atoms with van der Waals surface area (Å²) in [6.45, 7) is 6.09. The van der Waals surface area contributed by atoms with Gasteiger partial charge in [-0.25, -0.2) is 9.97 Å². The van der Waals surface area contributed by atoms with E-state index in [0.717, 1.165) is 40.4 Å². The van der Waals surface area contributed by atoms with Crippen LogP contribution < -0.4 is 49.7 Å². The first-order chi connectivity index (χ1) is 23.8. The van der Waals surface area contributed by atoms with E-state index in [-0.39, 0.29) is 35.5 Å². The Morgan fingerprint density at radius 1 is 0.840 bits per heavy atom. The molecule has 1 atom stereocenters. The summed E-state index contributed by atoms with van der Waals surface area (Å²) < 4.78 is 15.7. The molecular weight excluding hydrogens is 722 g/mol. The van der Waals surface area contributed by atoms with Gasteiger partial charge in [-0.1, -0.05) is 86.6 Å². The van der Waals surface area contributed by atoms with Crippen molar-refractivity contribution < 1.29 is 48.6 Å². The predicted octanol–water partition coefficient (Wildman–Crippen LogP) is 6.86. The van der Waals surface area contributed by atoms with Crippen LogP contribution in [0.1, 0.15) is 57.1 Å². The predicted molar refractivity (Wildman–Crippen MR) is 204 cm³/mol. The largest absolute Gasteiger partial charge is 1.00 e. The van der Waals surface area contributed by atoms with E-state index >= 15 is 0 Å². The molecule has 2 aromatic carbocycles. The van der Waals surface area contributed by atoms with Crippen molar-refractivity contribution in [2.24, 2.45) is 5.92 Å². The third-order valence-electron chi connectivity index (χ3n) is 7.53. The summed E-state index contributed by atoms with van der Waals surface area (Å²) in [5.74, 6) is 3.83. The van der Waals surface area contributed by atoms with Crippen molar-refractivity contribution >= 4 is 65.2 Å². The first kappa shape index (κ1) is 43.7. The molecule has 13 heteroatoms. The van der Waals surface area contributed by atoms with Crippen molar-refractivity contribution in [2.75, 3.05) is 37.2 Å². The number of thioether (sulfide) groups is 1. The minimum Gasteiger partial charge on any atom is -0.778 e. The van der Waals surface area contributed by atoms with Crippen LogP contribution in [0.15, 0.2) is 82.8 Å². The molecule has 0 bridgehead atoms. The van der Waals surface area contributed by atoms with E-state index in [2.05, 4.69) is 34.4 Å². The van der Waals surface area contributed by atoms with E-state index in [0.29, 0.717) is 64.4 Å². The van der Waals surface area contributed by atoms with Crippen LogP contribution in [0.3, 0.4) is 0 Å². The molecule has 2 heterocycles. The monoisotopic (exact) mass is 766 g/mol. The second-order valence-electron chi connectivity index (χ2n) is 11.0. The van der Waals surface area contributed by atoms with E-state index in [1.54, 1.807) is 44.4 Å². The Morgan fingerprint density at radius 2 is 1.38 bits per heavy atom. The summed E-state index contributed by atoms with van der Waals surface area (Å²) in [7, 11) is 3.29. The molecule has 2 N–H and O–H groups in total. The number of halogens is 2. The Hall–Kier alpha value is -2.44. The number of aromatic nitrogens is 2. The van der Waals surface area contributed by atoms with Crippen molar-refractivity contribution in [2.45, 2.75) is 68.8 Å². The molecule has 0 amide bonds. The molecule has 0 saturated heterocycles. The van der Waals surface area contributed by atoms with Crippen LogP contribution >= 0.6 is 35.0 Å². The number of ether oxygens (including phenoxy) is 3. The maximum atomic E-state index is 12.1. The zero-order valence-electron chi connectivity index (χ0n) is 29.5. The van der Waals surface area contributed by atoms with Gasteiger partial charge in [0, 0.05) is 36.1 Å². The Kier molecular flexibility index (Phi) is 21.6. The number of hydrogen-bond donors (Lipinski definition) is 2. The maximum Gasteiger partial charge on any atom is 1.00 e. The van der Waals surface area contributed by atoms with E-state index in [4.69, 9.17) is 50.0 Å². The molecule has 0 spiro atoms. The number of pyridine rings is 2. The summed E-state index contributed by atoms with van der Waals surface area (Å²) >= 11 is 19.2. The number of carbonyl (C=O) groups is 1. The molecule has 4 rings (SSSR count). The second-order valence-corrected chi connectivity index (χ2v) is 13.4. The molecule has 1 unspecified atom stereocenters. The molecule has 0 aliphatic heterocycles. The maximum absolute atomic E-state index is 12.1. The third kappa shape index (κ3) is 15.4. The summed E-state index contributed by atoms with van der Waals surface area (Å²) in [5, 5.41) is 7.49. The Bertz CT molecular complexity index is 1570. The van der Waals surface area contributed by atoms with Gasteiger partial charge < -0.3 is 37.5 Å². The fraction of sp³-hybridized carbons (Fsp3) is 0.378. The number of hydrogen-bond acceptors (Lipinski definition) is 10. The fourth-order valence-electron chi connectivity index (χ4n) is 4.49. The number of methoxy groups -OCH3 is 2. The van der Waals surface area contributed by atoms with Gasteiger partial charge in [0.1, 0.15) is 23.1 Å². The van der Waals surface area contributed by atoms with Gasteiger partial charge in [0.2, 0.25) is 0 Å². The van der Waals surface area contributed by atoms with Crippen molar-refractivity contribution in [1.29, 1.82) is 0 Å². The van der Waals surface area contributed by atoms with Gasteiger partial charge in [0.15, 0.2) is 0 Å². The van der Waals surface area contributed by atoms with Gasteiger partial charge in [-0.05, 0) is 53.8 Å². The molecule has 2 aromatic heterocycles. The summed E-state index contributed by atoms with van der Waals surface area (Å²) in [4.78, 5) is 22.1. The van der Waals surface area contributed by atoms with Crippen LogP contribution in [0.4, 0.5) is 11.6 Å². The number of carbonyl (C=O) groups excluding carboxylic acids is 1. The molecule has 0 saturated carbocycles. The quantitative estimate of drug-likeness (QED) is 0.0484. The number of nitrogens with zero attached hydrogens (tertiary/aromatic N) is 2. The van der Waals surface area contributed by atoms with Crippen LogP contribution in [-0.2, 0) is 35.2 Å². The number of nitrogens with one attached hydrogen (secondary N) is 2. The molecule has 4 aromatic rings. The number of anilines is 2. The normalized spacial score (nSPS) is 10.9. The first-order valence-electron chi connectivity index (χ1n) is 16.3. The van der Waals surface area contributed by atoms with Crippen LogP contribution in [0, 0.1) is 5.92 Å². The van der Waals surface area contributed by atoms with Crippen molar-refractivity contribution in [3.8, 4) is 11.5 Å². The van der Waals surface area contributed by atoms with Crippen molar-refractivity contribution in [1.82, 2.24) is 9.97 Å². The van der Waals surface area contributed by atoms with Gasteiger partial charge >= 0.3 is 35.5 Å². The minimum absolute atomic E-state index is 0. The topological polar surface area (TPSA) is 94.6 Å². The Balaban J connectivity index is 0.000000387.